The third-order valence-corrected chi connectivity index (χ3v) is 3.32. The lowest BCUT2D eigenvalue weighted by Gasteiger charge is -2.29. The normalized spacial score (nSPS) is 15.6. The van der Waals surface area contributed by atoms with Gasteiger partial charge >= 0.3 is 5.69 Å². The third-order valence-electron chi connectivity index (χ3n) is 2.86. The van der Waals surface area contributed by atoms with Gasteiger partial charge in [0.2, 0.25) is 0 Å². The van der Waals surface area contributed by atoms with Gasteiger partial charge in [0.25, 0.3) is 0 Å². The molecular weight excluding hydrogens is 302 g/mol. The zero-order valence-corrected chi connectivity index (χ0v) is 11.6. The maximum absolute atomic E-state index is 11.2. The first-order valence-electron chi connectivity index (χ1n) is 5.62. The summed E-state index contributed by atoms with van der Waals surface area (Å²) in [4.78, 5) is 12.9. The van der Waals surface area contributed by atoms with Gasteiger partial charge in [-0.05, 0) is 12.1 Å². The predicted molar refractivity (Wildman–Crippen MR) is 73.4 cm³/mol. The number of morpholine rings is 1. The highest BCUT2D eigenvalue weighted by Crippen LogP contribution is 2.38. The average Bonchev–Trinajstić information content (AvgIpc) is 2.38. The lowest BCUT2D eigenvalue weighted by atomic mass is 10.2. The predicted octanol–water partition coefficient (Wildman–Crippen LogP) is 2.24. The van der Waals surface area contributed by atoms with Crippen molar-refractivity contribution in [3.8, 4) is 0 Å². The minimum Gasteiger partial charge on any atom is -0.382 e. The van der Waals surface area contributed by atoms with E-state index >= 15 is 0 Å². The molecule has 0 aliphatic carbocycles. The Morgan fingerprint density at radius 1 is 1.44 bits per heavy atom. The van der Waals surface area contributed by atoms with Gasteiger partial charge in [-0.25, -0.2) is 0 Å². The Kier molecular flexibility index (Phi) is 4.03. The Balaban J connectivity index is 2.49. The molecule has 1 N–H and O–H groups in total. The lowest BCUT2D eigenvalue weighted by Crippen LogP contribution is -2.36. The van der Waals surface area contributed by atoms with E-state index in [1.807, 2.05) is 4.90 Å². The van der Waals surface area contributed by atoms with E-state index in [0.29, 0.717) is 37.7 Å². The number of nitrogens with zero attached hydrogens (tertiary/aromatic N) is 2. The van der Waals surface area contributed by atoms with E-state index in [4.69, 9.17) is 4.74 Å². The topological polar surface area (TPSA) is 67.6 Å². The highest BCUT2D eigenvalue weighted by Gasteiger charge is 2.25. The smallest absolute Gasteiger partial charge is 0.315 e. The zero-order chi connectivity index (χ0) is 13.1. The molecule has 0 amide bonds. The van der Waals surface area contributed by atoms with Crippen LogP contribution in [-0.4, -0.2) is 38.3 Å². The molecule has 0 spiro atoms. The number of nitro groups is 1. The van der Waals surface area contributed by atoms with E-state index in [2.05, 4.69) is 21.2 Å². The monoisotopic (exact) mass is 315 g/mol. The number of rotatable bonds is 3. The van der Waals surface area contributed by atoms with Gasteiger partial charge in [-0.15, -0.1) is 0 Å². The van der Waals surface area contributed by atoms with Crippen molar-refractivity contribution >= 4 is 33.0 Å². The number of ether oxygens (including phenoxy) is 1. The summed E-state index contributed by atoms with van der Waals surface area (Å²) in [5, 5.41) is 14.1. The van der Waals surface area contributed by atoms with Crippen LogP contribution in [0, 0.1) is 10.1 Å². The van der Waals surface area contributed by atoms with Crippen LogP contribution in [0.5, 0.6) is 0 Å². The minimum atomic E-state index is -0.344. The van der Waals surface area contributed by atoms with Crippen molar-refractivity contribution in [1.82, 2.24) is 0 Å². The van der Waals surface area contributed by atoms with Crippen LogP contribution >= 0.6 is 15.9 Å². The summed E-state index contributed by atoms with van der Waals surface area (Å²) in [7, 11) is 1.68. The van der Waals surface area contributed by atoms with Gasteiger partial charge in [0, 0.05) is 24.6 Å². The van der Waals surface area contributed by atoms with Crippen LogP contribution in [0.1, 0.15) is 0 Å². The van der Waals surface area contributed by atoms with Gasteiger partial charge in [-0.1, -0.05) is 15.9 Å². The van der Waals surface area contributed by atoms with Gasteiger partial charge in [0.1, 0.15) is 11.4 Å². The first-order chi connectivity index (χ1) is 8.63. The van der Waals surface area contributed by atoms with Crippen LogP contribution in [0.15, 0.2) is 16.6 Å². The maximum Gasteiger partial charge on any atom is 0.315 e. The van der Waals surface area contributed by atoms with E-state index < -0.39 is 0 Å². The Morgan fingerprint density at radius 2 is 2.11 bits per heavy atom. The number of benzene rings is 1. The second-order valence-electron chi connectivity index (χ2n) is 3.93. The minimum absolute atomic E-state index is 0.114. The fourth-order valence-electron chi connectivity index (χ4n) is 2.01. The summed E-state index contributed by atoms with van der Waals surface area (Å²) >= 11 is 3.38. The second kappa shape index (κ2) is 5.53. The summed E-state index contributed by atoms with van der Waals surface area (Å²) in [6.45, 7) is 2.53. The molecule has 0 atom stereocenters. The van der Waals surface area contributed by atoms with Crippen molar-refractivity contribution in [2.45, 2.75) is 0 Å². The van der Waals surface area contributed by atoms with Crippen molar-refractivity contribution in [2.75, 3.05) is 43.6 Å². The van der Waals surface area contributed by atoms with Crippen molar-refractivity contribution in [3.63, 3.8) is 0 Å². The molecule has 2 rings (SSSR count). The molecule has 6 nitrogen and oxygen atoms in total. The Hall–Kier alpha value is -1.34. The first kappa shape index (κ1) is 13.1. The Bertz CT molecular complexity index is 461. The summed E-state index contributed by atoms with van der Waals surface area (Å²) in [6, 6.07) is 3.49. The van der Waals surface area contributed by atoms with E-state index in [0.717, 1.165) is 4.47 Å². The molecule has 0 unspecified atom stereocenters. The first-order valence-corrected chi connectivity index (χ1v) is 6.41. The van der Waals surface area contributed by atoms with Gasteiger partial charge < -0.3 is 15.0 Å². The molecule has 1 aromatic carbocycles. The van der Waals surface area contributed by atoms with Crippen LogP contribution in [0.2, 0.25) is 0 Å². The highest BCUT2D eigenvalue weighted by atomic mass is 79.9. The fraction of sp³-hybridized carbons (Fsp3) is 0.455. The molecule has 1 aromatic rings. The standard InChI is InChI=1S/C11H14BrN3O3/c1-13-9-6-8(12)7-10(11(9)15(16)17)14-2-4-18-5-3-14/h6-7,13H,2-5H2,1H3. The summed E-state index contributed by atoms with van der Waals surface area (Å²) in [5.74, 6) is 0. The molecular formula is C11H14BrN3O3. The van der Waals surface area contributed by atoms with Gasteiger partial charge in [-0.2, -0.15) is 0 Å². The molecule has 1 saturated heterocycles. The fourth-order valence-corrected chi connectivity index (χ4v) is 2.46. The van der Waals surface area contributed by atoms with E-state index in [-0.39, 0.29) is 10.6 Å². The van der Waals surface area contributed by atoms with Crippen molar-refractivity contribution in [1.29, 1.82) is 0 Å². The Morgan fingerprint density at radius 3 is 2.67 bits per heavy atom. The van der Waals surface area contributed by atoms with Crippen molar-refractivity contribution < 1.29 is 9.66 Å². The molecule has 18 heavy (non-hydrogen) atoms. The van der Waals surface area contributed by atoms with Crippen molar-refractivity contribution in [3.05, 3.63) is 26.7 Å². The SMILES string of the molecule is CNc1cc(Br)cc(N2CCOCC2)c1[N+](=O)[O-]. The number of nitrogens with one attached hydrogen (secondary N) is 1. The maximum atomic E-state index is 11.2. The molecule has 0 aromatic heterocycles. The summed E-state index contributed by atoms with van der Waals surface area (Å²) in [5.41, 5.74) is 1.25. The molecule has 0 bridgehead atoms. The largest absolute Gasteiger partial charge is 0.382 e. The number of hydrogen-bond acceptors (Lipinski definition) is 5. The molecule has 0 radical (unpaired) electrons. The van der Waals surface area contributed by atoms with E-state index in [1.54, 1.807) is 19.2 Å². The molecule has 1 aliphatic rings. The highest BCUT2D eigenvalue weighted by molar-refractivity contribution is 9.10. The van der Waals surface area contributed by atoms with E-state index in [1.165, 1.54) is 0 Å². The quantitative estimate of drug-likeness (QED) is 0.684. The molecule has 1 aliphatic heterocycles. The molecule has 98 valence electrons. The van der Waals surface area contributed by atoms with Gasteiger partial charge in [0.15, 0.2) is 0 Å². The van der Waals surface area contributed by atoms with Crippen LogP contribution in [-0.2, 0) is 4.74 Å². The zero-order valence-electron chi connectivity index (χ0n) is 9.98. The number of anilines is 2. The summed E-state index contributed by atoms with van der Waals surface area (Å²) in [6.07, 6.45) is 0. The van der Waals surface area contributed by atoms with E-state index in [9.17, 15) is 10.1 Å². The lowest BCUT2D eigenvalue weighted by molar-refractivity contribution is -0.383. The Labute approximate surface area is 113 Å². The van der Waals surface area contributed by atoms with Crippen molar-refractivity contribution in [2.24, 2.45) is 0 Å². The van der Waals surface area contributed by atoms with Gasteiger partial charge in [0.05, 0.1) is 18.1 Å². The number of hydrogen-bond donors (Lipinski definition) is 1. The molecule has 0 saturated carbocycles. The molecule has 1 heterocycles. The molecule has 7 heteroatoms. The average molecular weight is 316 g/mol. The summed E-state index contributed by atoms with van der Waals surface area (Å²) < 4.78 is 6.09. The third kappa shape index (κ3) is 2.56. The number of halogens is 1. The van der Waals surface area contributed by atoms with Crippen LogP contribution < -0.4 is 10.2 Å². The van der Waals surface area contributed by atoms with Gasteiger partial charge in [-0.3, -0.25) is 10.1 Å². The molecule has 1 fully saturated rings. The number of nitro benzene ring substituents is 1. The van der Waals surface area contributed by atoms with Crippen LogP contribution in [0.25, 0.3) is 0 Å². The van der Waals surface area contributed by atoms with Crippen LogP contribution in [0.3, 0.4) is 0 Å². The second-order valence-corrected chi connectivity index (χ2v) is 4.84. The van der Waals surface area contributed by atoms with Crippen LogP contribution in [0.4, 0.5) is 17.1 Å².